The van der Waals surface area contributed by atoms with Crippen LogP contribution in [0.4, 0.5) is 0 Å². The molecule has 2 atom stereocenters. The van der Waals surface area contributed by atoms with Crippen molar-refractivity contribution in [2.24, 2.45) is 0 Å². The van der Waals surface area contributed by atoms with E-state index in [4.69, 9.17) is 4.42 Å². The Morgan fingerprint density at radius 1 is 1.38 bits per heavy atom. The summed E-state index contributed by atoms with van der Waals surface area (Å²) in [6.45, 7) is 6.29. The Hall–Kier alpha value is -1.55. The summed E-state index contributed by atoms with van der Waals surface area (Å²) >= 11 is 0. The minimum atomic E-state index is 0.267. The van der Waals surface area contributed by atoms with E-state index in [0.29, 0.717) is 0 Å². The van der Waals surface area contributed by atoms with Gasteiger partial charge in [0.05, 0.1) is 18.7 Å². The number of hydrogen-bond acceptors (Lipinski definition) is 3. The van der Waals surface area contributed by atoms with Gasteiger partial charge in [0.15, 0.2) is 0 Å². The molecule has 0 saturated carbocycles. The van der Waals surface area contributed by atoms with Crippen LogP contribution in [-0.2, 0) is 0 Å². The van der Waals surface area contributed by atoms with Gasteiger partial charge < -0.3 is 9.73 Å². The highest BCUT2D eigenvalue weighted by Gasteiger charge is 2.14. The quantitative estimate of drug-likeness (QED) is 0.831. The zero-order valence-electron chi connectivity index (χ0n) is 9.82. The van der Waals surface area contributed by atoms with Gasteiger partial charge in [-0.2, -0.15) is 5.10 Å². The van der Waals surface area contributed by atoms with Crippen molar-refractivity contribution in [2.45, 2.75) is 32.9 Å². The number of aryl methyl sites for hydroxylation is 1. The maximum absolute atomic E-state index is 5.07. The van der Waals surface area contributed by atoms with Crippen LogP contribution in [-0.4, -0.2) is 10.2 Å². The van der Waals surface area contributed by atoms with Crippen molar-refractivity contribution < 1.29 is 4.42 Å². The number of aromatic nitrogens is 2. The highest BCUT2D eigenvalue weighted by molar-refractivity contribution is 5.20. The lowest BCUT2D eigenvalue weighted by molar-refractivity contribution is 0.485. The Bertz CT molecular complexity index is 433. The van der Waals surface area contributed by atoms with Crippen molar-refractivity contribution in [3.05, 3.63) is 41.6 Å². The second-order valence-corrected chi connectivity index (χ2v) is 4.12. The Balaban J connectivity index is 2.03. The molecule has 4 heteroatoms. The number of hydrogen-bond donors (Lipinski definition) is 2. The van der Waals surface area contributed by atoms with Gasteiger partial charge >= 0.3 is 0 Å². The molecule has 16 heavy (non-hydrogen) atoms. The molecule has 4 nitrogen and oxygen atoms in total. The Kier molecular flexibility index (Phi) is 3.10. The summed E-state index contributed by atoms with van der Waals surface area (Å²) in [7, 11) is 0. The van der Waals surface area contributed by atoms with Gasteiger partial charge in [0.25, 0.3) is 0 Å². The van der Waals surface area contributed by atoms with Crippen LogP contribution < -0.4 is 5.32 Å². The predicted molar refractivity (Wildman–Crippen MR) is 62.0 cm³/mol. The third kappa shape index (κ3) is 2.17. The molecule has 0 saturated heterocycles. The molecule has 86 valence electrons. The van der Waals surface area contributed by atoms with E-state index in [1.807, 2.05) is 19.2 Å². The first-order valence-corrected chi connectivity index (χ1v) is 5.46. The first kappa shape index (κ1) is 11.0. The van der Waals surface area contributed by atoms with Crippen molar-refractivity contribution in [3.8, 4) is 0 Å². The molecule has 0 bridgehead atoms. The molecule has 2 unspecified atom stereocenters. The van der Waals surface area contributed by atoms with Crippen LogP contribution in [0.25, 0.3) is 0 Å². The third-order valence-electron chi connectivity index (χ3n) is 2.88. The fourth-order valence-electron chi connectivity index (χ4n) is 1.88. The molecular formula is C12H17N3O. The monoisotopic (exact) mass is 219 g/mol. The number of rotatable bonds is 4. The number of nitrogens with one attached hydrogen (secondary N) is 2. The highest BCUT2D eigenvalue weighted by Crippen LogP contribution is 2.20. The average molecular weight is 219 g/mol. The molecular weight excluding hydrogens is 202 g/mol. The van der Waals surface area contributed by atoms with Gasteiger partial charge in [-0.15, -0.1) is 0 Å². The fraction of sp³-hybridized carbons (Fsp3) is 0.417. The first-order valence-electron chi connectivity index (χ1n) is 5.46. The largest absolute Gasteiger partial charge is 0.472 e. The molecule has 2 aromatic heterocycles. The van der Waals surface area contributed by atoms with E-state index in [0.717, 1.165) is 11.3 Å². The average Bonchev–Trinajstić information content (AvgIpc) is 2.86. The standard InChI is InChI=1S/C12H17N3O/c1-8(11-4-5-16-7-11)14-9(2)12-6-13-15-10(12)3/h4-9,14H,1-3H3,(H,13,15). The first-order chi connectivity index (χ1) is 7.68. The summed E-state index contributed by atoms with van der Waals surface area (Å²) in [6, 6.07) is 2.51. The minimum absolute atomic E-state index is 0.267. The molecule has 0 amide bonds. The van der Waals surface area contributed by atoms with E-state index in [1.165, 1.54) is 5.56 Å². The zero-order chi connectivity index (χ0) is 11.5. The van der Waals surface area contributed by atoms with Crippen molar-refractivity contribution in [1.82, 2.24) is 15.5 Å². The second kappa shape index (κ2) is 4.53. The summed E-state index contributed by atoms with van der Waals surface area (Å²) in [5.41, 5.74) is 3.47. The van der Waals surface area contributed by atoms with Crippen LogP contribution in [0.5, 0.6) is 0 Å². The molecule has 2 N–H and O–H groups in total. The lowest BCUT2D eigenvalue weighted by Crippen LogP contribution is -2.22. The van der Waals surface area contributed by atoms with E-state index in [2.05, 4.69) is 29.4 Å². The van der Waals surface area contributed by atoms with Gasteiger partial charge in [0.2, 0.25) is 0 Å². The summed E-state index contributed by atoms with van der Waals surface area (Å²) in [5, 5.41) is 10.5. The Morgan fingerprint density at radius 3 is 2.75 bits per heavy atom. The van der Waals surface area contributed by atoms with Crippen LogP contribution in [0.3, 0.4) is 0 Å². The van der Waals surface area contributed by atoms with Crippen molar-refractivity contribution in [2.75, 3.05) is 0 Å². The highest BCUT2D eigenvalue weighted by atomic mass is 16.3. The molecule has 0 fully saturated rings. The van der Waals surface area contributed by atoms with E-state index < -0.39 is 0 Å². The van der Waals surface area contributed by atoms with Crippen LogP contribution in [0.15, 0.2) is 29.2 Å². The fourth-order valence-corrected chi connectivity index (χ4v) is 1.88. The van der Waals surface area contributed by atoms with Crippen LogP contribution in [0.2, 0.25) is 0 Å². The molecule has 2 rings (SSSR count). The van der Waals surface area contributed by atoms with Crippen molar-refractivity contribution in [3.63, 3.8) is 0 Å². The van der Waals surface area contributed by atoms with Gasteiger partial charge in [-0.3, -0.25) is 5.10 Å². The van der Waals surface area contributed by atoms with E-state index in [1.54, 1.807) is 12.5 Å². The molecule has 2 aromatic rings. The maximum atomic E-state index is 5.07. The molecule has 0 spiro atoms. The van der Waals surface area contributed by atoms with Crippen LogP contribution >= 0.6 is 0 Å². The number of furan rings is 1. The van der Waals surface area contributed by atoms with Crippen molar-refractivity contribution in [1.29, 1.82) is 0 Å². The van der Waals surface area contributed by atoms with E-state index in [9.17, 15) is 0 Å². The summed E-state index contributed by atoms with van der Waals surface area (Å²) < 4.78 is 5.07. The predicted octanol–water partition coefficient (Wildman–Crippen LogP) is 2.72. The third-order valence-corrected chi connectivity index (χ3v) is 2.88. The second-order valence-electron chi connectivity index (χ2n) is 4.12. The molecule has 0 aromatic carbocycles. The number of aromatic amines is 1. The van der Waals surface area contributed by atoms with Gasteiger partial charge in [-0.05, 0) is 26.8 Å². The van der Waals surface area contributed by atoms with Crippen LogP contribution in [0.1, 0.15) is 42.8 Å². The van der Waals surface area contributed by atoms with Gasteiger partial charge in [0.1, 0.15) is 0 Å². The molecule has 0 aliphatic heterocycles. The smallest absolute Gasteiger partial charge is 0.0950 e. The molecule has 0 aliphatic carbocycles. The maximum Gasteiger partial charge on any atom is 0.0950 e. The van der Waals surface area contributed by atoms with Gasteiger partial charge in [0, 0.05) is 28.9 Å². The van der Waals surface area contributed by atoms with E-state index in [-0.39, 0.29) is 12.1 Å². The van der Waals surface area contributed by atoms with Crippen molar-refractivity contribution >= 4 is 0 Å². The van der Waals surface area contributed by atoms with Gasteiger partial charge in [-0.1, -0.05) is 0 Å². The summed E-state index contributed by atoms with van der Waals surface area (Å²) in [5.74, 6) is 0. The van der Waals surface area contributed by atoms with E-state index >= 15 is 0 Å². The lowest BCUT2D eigenvalue weighted by Gasteiger charge is -2.18. The number of H-pyrrole nitrogens is 1. The van der Waals surface area contributed by atoms with Gasteiger partial charge in [-0.25, -0.2) is 0 Å². The van der Waals surface area contributed by atoms with Crippen LogP contribution in [0, 0.1) is 6.92 Å². The molecule has 2 heterocycles. The minimum Gasteiger partial charge on any atom is -0.472 e. The summed E-state index contributed by atoms with van der Waals surface area (Å²) in [4.78, 5) is 0. The SMILES string of the molecule is Cc1[nH]ncc1C(C)NC(C)c1ccoc1. The molecule has 0 aliphatic rings. The molecule has 0 radical (unpaired) electrons. The number of nitrogens with zero attached hydrogens (tertiary/aromatic N) is 1. The summed E-state index contributed by atoms with van der Waals surface area (Å²) in [6.07, 6.45) is 5.34. The topological polar surface area (TPSA) is 53.9 Å². The Labute approximate surface area is 95.1 Å². The Morgan fingerprint density at radius 2 is 2.19 bits per heavy atom. The lowest BCUT2D eigenvalue weighted by atomic mass is 10.1. The zero-order valence-corrected chi connectivity index (χ0v) is 9.82. The normalized spacial score (nSPS) is 14.9.